The molecule has 21 heavy (non-hydrogen) atoms. The molecule has 0 unspecified atom stereocenters. The van der Waals surface area contributed by atoms with Crippen molar-refractivity contribution < 1.29 is 4.79 Å². The number of benzene rings is 2. The van der Waals surface area contributed by atoms with Gasteiger partial charge in [0.25, 0.3) is 0 Å². The quantitative estimate of drug-likeness (QED) is 0.721. The molecular weight excluding hydrogens is 350 g/mol. The standard InChI is InChI=1S/C15H14BrN3OS/c1-9-2-5-11(6-3-9)18-15(20)19-13-7-4-10(16)8-12(13)14(17)21/h2-8H,1H3,(H2,17,21)(H2,18,19,20). The van der Waals surface area contributed by atoms with Crippen molar-refractivity contribution in [2.45, 2.75) is 6.92 Å². The summed E-state index contributed by atoms with van der Waals surface area (Å²) in [6.45, 7) is 1.99. The van der Waals surface area contributed by atoms with Crippen molar-refractivity contribution in [2.75, 3.05) is 10.6 Å². The van der Waals surface area contributed by atoms with E-state index in [9.17, 15) is 4.79 Å². The van der Waals surface area contributed by atoms with Gasteiger partial charge in [-0.15, -0.1) is 0 Å². The summed E-state index contributed by atoms with van der Waals surface area (Å²) in [5.41, 5.74) is 8.69. The van der Waals surface area contributed by atoms with Gasteiger partial charge >= 0.3 is 6.03 Å². The minimum absolute atomic E-state index is 0.224. The van der Waals surface area contributed by atoms with Gasteiger partial charge in [0.2, 0.25) is 0 Å². The van der Waals surface area contributed by atoms with Crippen molar-refractivity contribution in [1.82, 2.24) is 0 Å². The summed E-state index contributed by atoms with van der Waals surface area (Å²) in [4.78, 5) is 12.2. The van der Waals surface area contributed by atoms with Gasteiger partial charge in [-0.1, -0.05) is 45.8 Å². The van der Waals surface area contributed by atoms with E-state index in [-0.39, 0.29) is 11.0 Å². The number of rotatable bonds is 3. The van der Waals surface area contributed by atoms with Gasteiger partial charge in [-0.3, -0.25) is 0 Å². The Morgan fingerprint density at radius 3 is 2.43 bits per heavy atom. The zero-order valence-corrected chi connectivity index (χ0v) is 13.7. The number of thiocarbonyl (C=S) groups is 1. The second-order valence-corrected chi connectivity index (χ2v) is 5.85. The fourth-order valence-electron chi connectivity index (χ4n) is 1.75. The first-order valence-electron chi connectivity index (χ1n) is 6.20. The second kappa shape index (κ2) is 6.69. The predicted octanol–water partition coefficient (Wildman–Crippen LogP) is 4.04. The molecule has 4 nitrogen and oxygen atoms in total. The largest absolute Gasteiger partial charge is 0.389 e. The van der Waals surface area contributed by atoms with Gasteiger partial charge < -0.3 is 16.4 Å². The van der Waals surface area contributed by atoms with E-state index in [0.717, 1.165) is 10.0 Å². The van der Waals surface area contributed by atoms with Crippen molar-refractivity contribution >= 4 is 50.5 Å². The van der Waals surface area contributed by atoms with Crippen LogP contribution in [0.2, 0.25) is 0 Å². The Hall–Kier alpha value is -1.92. The lowest BCUT2D eigenvalue weighted by molar-refractivity contribution is 0.262. The number of anilines is 2. The lowest BCUT2D eigenvalue weighted by Gasteiger charge is -2.12. The molecule has 6 heteroatoms. The van der Waals surface area contributed by atoms with Crippen LogP contribution in [0.4, 0.5) is 16.2 Å². The van der Waals surface area contributed by atoms with Crippen molar-refractivity contribution in [3.05, 3.63) is 58.1 Å². The number of urea groups is 1. The molecule has 0 radical (unpaired) electrons. The van der Waals surface area contributed by atoms with Crippen LogP contribution in [-0.4, -0.2) is 11.0 Å². The van der Waals surface area contributed by atoms with E-state index in [4.69, 9.17) is 18.0 Å². The predicted molar refractivity (Wildman–Crippen MR) is 93.8 cm³/mol. The first-order valence-corrected chi connectivity index (χ1v) is 7.40. The monoisotopic (exact) mass is 363 g/mol. The molecule has 0 fully saturated rings. The van der Waals surface area contributed by atoms with E-state index in [0.29, 0.717) is 16.9 Å². The molecule has 0 bridgehead atoms. The molecule has 0 aliphatic carbocycles. The molecule has 0 saturated heterocycles. The highest BCUT2D eigenvalue weighted by molar-refractivity contribution is 9.10. The minimum atomic E-state index is -0.348. The summed E-state index contributed by atoms with van der Waals surface area (Å²) < 4.78 is 0.842. The molecule has 0 heterocycles. The third-order valence-corrected chi connectivity index (χ3v) is 3.52. The molecule has 2 rings (SSSR count). The molecule has 108 valence electrons. The fraction of sp³-hybridized carbons (Fsp3) is 0.0667. The highest BCUT2D eigenvalue weighted by atomic mass is 79.9. The normalized spacial score (nSPS) is 10.0. The third kappa shape index (κ3) is 4.27. The number of hydrogen-bond donors (Lipinski definition) is 3. The summed E-state index contributed by atoms with van der Waals surface area (Å²) in [7, 11) is 0. The Bertz CT molecular complexity index is 686. The van der Waals surface area contributed by atoms with E-state index in [2.05, 4.69) is 26.6 Å². The number of hydrogen-bond acceptors (Lipinski definition) is 2. The number of aryl methyl sites for hydroxylation is 1. The lowest BCUT2D eigenvalue weighted by atomic mass is 10.2. The molecule has 0 aliphatic rings. The molecule has 0 atom stereocenters. The van der Waals surface area contributed by atoms with Crippen molar-refractivity contribution in [1.29, 1.82) is 0 Å². The highest BCUT2D eigenvalue weighted by Gasteiger charge is 2.09. The third-order valence-electron chi connectivity index (χ3n) is 2.80. The molecule has 0 spiro atoms. The van der Waals surface area contributed by atoms with Crippen LogP contribution in [0, 0.1) is 6.92 Å². The zero-order valence-electron chi connectivity index (χ0n) is 11.3. The van der Waals surface area contributed by atoms with Gasteiger partial charge in [-0.25, -0.2) is 4.79 Å². The molecule has 0 aliphatic heterocycles. The van der Waals surface area contributed by atoms with Crippen LogP contribution in [0.3, 0.4) is 0 Å². The Morgan fingerprint density at radius 2 is 1.81 bits per heavy atom. The SMILES string of the molecule is Cc1ccc(NC(=O)Nc2ccc(Br)cc2C(N)=S)cc1. The Kier molecular flexibility index (Phi) is 4.93. The van der Waals surface area contributed by atoms with E-state index < -0.39 is 0 Å². The van der Waals surface area contributed by atoms with Crippen molar-refractivity contribution in [3.63, 3.8) is 0 Å². The Morgan fingerprint density at radius 1 is 1.14 bits per heavy atom. The van der Waals surface area contributed by atoms with Crippen LogP contribution in [0.15, 0.2) is 46.9 Å². The molecule has 0 saturated carbocycles. The minimum Gasteiger partial charge on any atom is -0.389 e. The molecular formula is C15H14BrN3OS. The summed E-state index contributed by atoms with van der Waals surface area (Å²) in [6.07, 6.45) is 0. The van der Waals surface area contributed by atoms with Crippen LogP contribution in [0.1, 0.15) is 11.1 Å². The Balaban J connectivity index is 2.12. The second-order valence-electron chi connectivity index (χ2n) is 4.50. The molecule has 0 aromatic heterocycles. The topological polar surface area (TPSA) is 67.2 Å². The number of carbonyl (C=O) groups is 1. The molecule has 2 aromatic carbocycles. The van der Waals surface area contributed by atoms with Crippen molar-refractivity contribution in [2.24, 2.45) is 5.73 Å². The van der Waals surface area contributed by atoms with Gasteiger partial charge in [0.15, 0.2) is 0 Å². The number of amides is 2. The molecule has 2 amide bonds. The lowest BCUT2D eigenvalue weighted by Crippen LogP contribution is -2.22. The van der Waals surface area contributed by atoms with Gasteiger partial charge in [0.1, 0.15) is 4.99 Å². The van der Waals surface area contributed by atoms with Gasteiger partial charge in [0.05, 0.1) is 5.69 Å². The number of halogens is 1. The van der Waals surface area contributed by atoms with Crippen LogP contribution in [0.25, 0.3) is 0 Å². The highest BCUT2D eigenvalue weighted by Crippen LogP contribution is 2.21. The maximum absolute atomic E-state index is 12.0. The average Bonchev–Trinajstić information content (AvgIpc) is 2.43. The first-order chi connectivity index (χ1) is 9.95. The van der Waals surface area contributed by atoms with Gasteiger partial charge in [-0.05, 0) is 37.3 Å². The Labute approximate surface area is 136 Å². The molecule has 4 N–H and O–H groups in total. The summed E-state index contributed by atoms with van der Waals surface area (Å²) in [5, 5.41) is 5.50. The average molecular weight is 364 g/mol. The first kappa shape index (κ1) is 15.5. The van der Waals surface area contributed by atoms with E-state index >= 15 is 0 Å². The van der Waals surface area contributed by atoms with Crippen molar-refractivity contribution in [3.8, 4) is 0 Å². The summed E-state index contributed by atoms with van der Waals surface area (Å²) >= 11 is 8.34. The zero-order chi connectivity index (χ0) is 15.4. The summed E-state index contributed by atoms with van der Waals surface area (Å²) in [6, 6.07) is 12.5. The molecule has 2 aromatic rings. The summed E-state index contributed by atoms with van der Waals surface area (Å²) in [5.74, 6) is 0. The number of nitrogens with one attached hydrogen (secondary N) is 2. The maximum atomic E-state index is 12.0. The number of nitrogens with two attached hydrogens (primary N) is 1. The van der Waals surface area contributed by atoms with E-state index in [1.165, 1.54) is 0 Å². The fourth-order valence-corrected chi connectivity index (χ4v) is 2.28. The van der Waals surface area contributed by atoms with E-state index in [1.54, 1.807) is 12.1 Å². The van der Waals surface area contributed by atoms with Gasteiger partial charge in [0, 0.05) is 15.7 Å². The van der Waals surface area contributed by atoms with Crippen LogP contribution >= 0.6 is 28.1 Å². The number of carbonyl (C=O) groups excluding carboxylic acids is 1. The van der Waals surface area contributed by atoms with Gasteiger partial charge in [-0.2, -0.15) is 0 Å². The van der Waals surface area contributed by atoms with E-state index in [1.807, 2.05) is 37.3 Å². The maximum Gasteiger partial charge on any atom is 0.323 e. The van der Waals surface area contributed by atoms with Crippen LogP contribution < -0.4 is 16.4 Å². The smallest absolute Gasteiger partial charge is 0.323 e. The van der Waals surface area contributed by atoms with Crippen LogP contribution in [-0.2, 0) is 0 Å². The van der Waals surface area contributed by atoms with Crippen LogP contribution in [0.5, 0.6) is 0 Å².